The molecule has 1 heterocycles. The summed E-state index contributed by atoms with van der Waals surface area (Å²) >= 11 is 1.49. The van der Waals surface area contributed by atoms with E-state index in [4.69, 9.17) is 0 Å². The molecule has 0 aliphatic heterocycles. The second-order valence-corrected chi connectivity index (χ2v) is 9.08. The van der Waals surface area contributed by atoms with Crippen LogP contribution in [0.25, 0.3) is 0 Å². The van der Waals surface area contributed by atoms with Crippen LogP contribution in [-0.2, 0) is 27.0 Å². The standard InChI is InChI=1S/C20H26N4O3S2/c1-5-12-21-29(26,27)13-16-6-8-17(9-7-16)24-19(25)11-10-18-14(2)22-20(28-4)23-15(18)3/h5-9,21H,1,10-13H2,2-4H3,(H,24,25). The van der Waals surface area contributed by atoms with Crippen molar-refractivity contribution < 1.29 is 13.2 Å². The molecule has 2 N–H and O–H groups in total. The number of thioether (sulfide) groups is 1. The third kappa shape index (κ3) is 7.26. The van der Waals surface area contributed by atoms with E-state index in [1.54, 1.807) is 24.3 Å². The van der Waals surface area contributed by atoms with Crippen molar-refractivity contribution in [2.75, 3.05) is 18.1 Å². The zero-order valence-electron chi connectivity index (χ0n) is 16.9. The van der Waals surface area contributed by atoms with Crippen LogP contribution >= 0.6 is 11.8 Å². The average Bonchev–Trinajstić information content (AvgIpc) is 2.67. The van der Waals surface area contributed by atoms with E-state index in [1.807, 2.05) is 20.1 Å². The summed E-state index contributed by atoms with van der Waals surface area (Å²) in [5, 5.41) is 3.57. The average molecular weight is 435 g/mol. The summed E-state index contributed by atoms with van der Waals surface area (Å²) in [4.78, 5) is 21.2. The highest BCUT2D eigenvalue weighted by Crippen LogP contribution is 2.18. The second-order valence-electron chi connectivity index (χ2n) is 6.50. The van der Waals surface area contributed by atoms with E-state index >= 15 is 0 Å². The summed E-state index contributed by atoms with van der Waals surface area (Å²) in [5.74, 6) is -0.245. The van der Waals surface area contributed by atoms with Crippen LogP contribution in [-0.4, -0.2) is 37.1 Å². The summed E-state index contributed by atoms with van der Waals surface area (Å²) in [6.45, 7) is 7.54. The van der Waals surface area contributed by atoms with Gasteiger partial charge in [0.25, 0.3) is 0 Å². The van der Waals surface area contributed by atoms with Gasteiger partial charge in [0.05, 0.1) is 5.75 Å². The third-order valence-corrected chi connectivity index (χ3v) is 6.09. The first-order chi connectivity index (χ1) is 13.7. The Kier molecular flexibility index (Phi) is 8.36. The first-order valence-electron chi connectivity index (χ1n) is 9.09. The number of aromatic nitrogens is 2. The van der Waals surface area contributed by atoms with Crippen molar-refractivity contribution in [1.82, 2.24) is 14.7 Å². The van der Waals surface area contributed by atoms with Gasteiger partial charge in [-0.05, 0) is 49.8 Å². The monoisotopic (exact) mass is 434 g/mol. The van der Waals surface area contributed by atoms with Crippen LogP contribution in [0.2, 0.25) is 0 Å². The molecule has 0 saturated carbocycles. The summed E-state index contributed by atoms with van der Waals surface area (Å²) < 4.78 is 26.2. The van der Waals surface area contributed by atoms with Gasteiger partial charge in [0.2, 0.25) is 15.9 Å². The number of aryl methyl sites for hydroxylation is 2. The predicted octanol–water partition coefficient (Wildman–Crippen LogP) is 2.99. The van der Waals surface area contributed by atoms with Crippen LogP contribution in [0.4, 0.5) is 5.69 Å². The van der Waals surface area contributed by atoms with Gasteiger partial charge < -0.3 is 5.32 Å². The number of anilines is 1. The molecule has 0 unspecified atom stereocenters. The Morgan fingerprint density at radius 2 is 1.79 bits per heavy atom. The first kappa shape index (κ1) is 23.1. The van der Waals surface area contributed by atoms with Crippen LogP contribution in [0.1, 0.15) is 28.9 Å². The van der Waals surface area contributed by atoms with Gasteiger partial charge in [-0.2, -0.15) is 0 Å². The van der Waals surface area contributed by atoms with E-state index < -0.39 is 10.0 Å². The van der Waals surface area contributed by atoms with Crippen molar-refractivity contribution >= 4 is 33.4 Å². The van der Waals surface area contributed by atoms with E-state index in [2.05, 4.69) is 26.6 Å². The molecule has 0 bridgehead atoms. The van der Waals surface area contributed by atoms with Gasteiger partial charge in [-0.25, -0.2) is 23.1 Å². The number of benzene rings is 1. The Morgan fingerprint density at radius 1 is 1.17 bits per heavy atom. The molecule has 29 heavy (non-hydrogen) atoms. The molecule has 1 amide bonds. The van der Waals surface area contributed by atoms with Gasteiger partial charge in [0, 0.05) is 30.0 Å². The number of carbonyl (C=O) groups is 1. The maximum Gasteiger partial charge on any atom is 0.224 e. The zero-order chi connectivity index (χ0) is 21.4. The lowest BCUT2D eigenvalue weighted by Crippen LogP contribution is -2.25. The minimum absolute atomic E-state index is 0.120. The molecule has 2 aromatic rings. The van der Waals surface area contributed by atoms with Crippen LogP contribution in [0.5, 0.6) is 0 Å². The SMILES string of the molecule is C=CCNS(=O)(=O)Cc1ccc(NC(=O)CCc2c(C)nc(SC)nc2C)cc1. The van der Waals surface area contributed by atoms with Crippen molar-refractivity contribution in [3.8, 4) is 0 Å². The number of carbonyl (C=O) groups excluding carboxylic acids is 1. The molecular formula is C20H26N4O3S2. The van der Waals surface area contributed by atoms with E-state index in [1.165, 1.54) is 17.8 Å². The van der Waals surface area contributed by atoms with Crippen molar-refractivity contribution in [1.29, 1.82) is 0 Å². The number of amides is 1. The number of hydrogen-bond donors (Lipinski definition) is 2. The lowest BCUT2D eigenvalue weighted by Gasteiger charge is -2.11. The molecule has 0 saturated heterocycles. The first-order valence-corrected chi connectivity index (χ1v) is 12.0. The normalized spacial score (nSPS) is 11.3. The number of nitrogens with one attached hydrogen (secondary N) is 2. The van der Waals surface area contributed by atoms with Crippen LogP contribution in [0, 0.1) is 13.8 Å². The number of nitrogens with zero attached hydrogens (tertiary/aromatic N) is 2. The maximum atomic E-state index is 12.3. The van der Waals surface area contributed by atoms with Crippen LogP contribution in [0.15, 0.2) is 42.1 Å². The molecule has 0 fully saturated rings. The molecular weight excluding hydrogens is 408 g/mol. The minimum atomic E-state index is -3.41. The van der Waals surface area contributed by atoms with Crippen molar-refractivity contribution in [3.05, 3.63) is 59.4 Å². The van der Waals surface area contributed by atoms with E-state index in [0.29, 0.717) is 24.1 Å². The molecule has 156 valence electrons. The predicted molar refractivity (Wildman–Crippen MR) is 118 cm³/mol. The summed E-state index contributed by atoms with van der Waals surface area (Å²) in [6.07, 6.45) is 4.29. The zero-order valence-corrected chi connectivity index (χ0v) is 18.5. The lowest BCUT2D eigenvalue weighted by atomic mass is 10.1. The summed E-state index contributed by atoms with van der Waals surface area (Å²) in [5.41, 5.74) is 4.04. The van der Waals surface area contributed by atoms with Crippen molar-refractivity contribution in [2.24, 2.45) is 0 Å². The van der Waals surface area contributed by atoms with Gasteiger partial charge in [-0.1, -0.05) is 30.0 Å². The van der Waals surface area contributed by atoms with Crippen LogP contribution < -0.4 is 10.0 Å². The summed E-state index contributed by atoms with van der Waals surface area (Å²) in [6, 6.07) is 6.77. The largest absolute Gasteiger partial charge is 0.326 e. The molecule has 1 aromatic heterocycles. The fourth-order valence-corrected chi connectivity index (χ4v) is 4.33. The van der Waals surface area contributed by atoms with E-state index in [9.17, 15) is 13.2 Å². The van der Waals surface area contributed by atoms with Gasteiger partial charge in [-0.15, -0.1) is 6.58 Å². The molecule has 1 aromatic carbocycles. The van der Waals surface area contributed by atoms with Crippen molar-refractivity contribution in [2.45, 2.75) is 37.6 Å². The molecule has 0 spiro atoms. The molecule has 0 aliphatic carbocycles. The van der Waals surface area contributed by atoms with Gasteiger partial charge >= 0.3 is 0 Å². The molecule has 0 aliphatic rings. The highest BCUT2D eigenvalue weighted by atomic mass is 32.2. The van der Waals surface area contributed by atoms with Gasteiger partial charge in [-0.3, -0.25) is 4.79 Å². The fourth-order valence-electron chi connectivity index (χ4n) is 2.76. The Labute approximate surface area is 176 Å². The smallest absolute Gasteiger partial charge is 0.224 e. The minimum Gasteiger partial charge on any atom is -0.326 e. The molecule has 0 radical (unpaired) electrons. The second kappa shape index (κ2) is 10.5. The lowest BCUT2D eigenvalue weighted by molar-refractivity contribution is -0.116. The third-order valence-electron chi connectivity index (χ3n) is 4.23. The molecule has 2 rings (SSSR count). The Balaban J connectivity index is 1.92. The maximum absolute atomic E-state index is 12.3. The van der Waals surface area contributed by atoms with E-state index in [-0.39, 0.29) is 18.2 Å². The Hall–Kier alpha value is -2.23. The topological polar surface area (TPSA) is 101 Å². The highest BCUT2D eigenvalue weighted by Gasteiger charge is 2.12. The van der Waals surface area contributed by atoms with Crippen LogP contribution in [0.3, 0.4) is 0 Å². The van der Waals surface area contributed by atoms with Crippen molar-refractivity contribution in [3.63, 3.8) is 0 Å². The van der Waals surface area contributed by atoms with E-state index in [0.717, 1.165) is 22.1 Å². The molecule has 7 nitrogen and oxygen atoms in total. The fraction of sp³-hybridized carbons (Fsp3) is 0.350. The quantitative estimate of drug-likeness (QED) is 0.339. The summed E-state index contributed by atoms with van der Waals surface area (Å²) in [7, 11) is -3.41. The Morgan fingerprint density at radius 3 is 2.34 bits per heavy atom. The van der Waals surface area contributed by atoms with Gasteiger partial charge in [0.1, 0.15) is 0 Å². The number of rotatable bonds is 10. The highest BCUT2D eigenvalue weighted by molar-refractivity contribution is 7.98. The number of hydrogen-bond acceptors (Lipinski definition) is 6. The number of sulfonamides is 1. The molecule has 9 heteroatoms. The molecule has 0 atom stereocenters. The van der Waals surface area contributed by atoms with Gasteiger partial charge in [0.15, 0.2) is 5.16 Å². The Bertz CT molecular complexity index is 951.